The molecule has 0 aliphatic heterocycles. The highest BCUT2D eigenvalue weighted by atomic mass is 16.5. The first kappa shape index (κ1) is 31.6. The second kappa shape index (κ2) is 15.2. The monoisotopic (exact) mass is 580 g/mol. The summed E-state index contributed by atoms with van der Waals surface area (Å²) in [5.41, 5.74) is 7.33. The number of phenolic OH excluding ortho intramolecular Hbond substituents is 2. The zero-order valence-corrected chi connectivity index (χ0v) is 23.5. The van der Waals surface area contributed by atoms with E-state index in [2.05, 4.69) is 25.9 Å². The van der Waals surface area contributed by atoms with Crippen molar-refractivity contribution in [2.75, 3.05) is 31.6 Å². The fourth-order valence-electron chi connectivity index (χ4n) is 4.13. The molecular weight excluding hydrogens is 544 g/mol. The van der Waals surface area contributed by atoms with Crippen molar-refractivity contribution >= 4 is 23.7 Å². The number of carbonyl (C=O) groups is 3. The molecule has 1 atom stereocenters. The van der Waals surface area contributed by atoms with Crippen LogP contribution in [0.3, 0.4) is 0 Å². The molecule has 2 aromatic carbocycles. The van der Waals surface area contributed by atoms with Crippen LogP contribution >= 0.6 is 0 Å². The number of hydrogen-bond acceptors (Lipinski definition) is 10. The van der Waals surface area contributed by atoms with Gasteiger partial charge in [-0.05, 0) is 69.5 Å². The highest BCUT2D eigenvalue weighted by Gasteiger charge is 2.25. The Morgan fingerprint density at radius 1 is 0.976 bits per heavy atom. The molecule has 0 saturated carbocycles. The number of anilines is 1. The molecule has 0 aliphatic rings. The molecular formula is C29H36N6O7. The van der Waals surface area contributed by atoms with E-state index < -0.39 is 30.4 Å². The van der Waals surface area contributed by atoms with Crippen molar-refractivity contribution in [3.63, 3.8) is 0 Å². The van der Waals surface area contributed by atoms with Crippen LogP contribution in [0.1, 0.15) is 50.5 Å². The quantitative estimate of drug-likeness (QED) is 0.129. The zero-order chi connectivity index (χ0) is 30.6. The maximum atomic E-state index is 13.0. The Labute approximate surface area is 243 Å². The van der Waals surface area contributed by atoms with Crippen LogP contribution in [-0.4, -0.2) is 75.4 Å². The van der Waals surface area contributed by atoms with Crippen molar-refractivity contribution in [3.05, 3.63) is 70.5 Å². The minimum Gasteiger partial charge on any atom is -0.508 e. The predicted molar refractivity (Wildman–Crippen MR) is 155 cm³/mol. The van der Waals surface area contributed by atoms with Gasteiger partial charge in [0, 0.05) is 24.7 Å². The van der Waals surface area contributed by atoms with Crippen LogP contribution in [0.2, 0.25) is 0 Å². The molecule has 0 bridgehead atoms. The molecule has 2 amide bonds. The van der Waals surface area contributed by atoms with Crippen LogP contribution in [0.15, 0.2) is 42.5 Å². The normalized spacial score (nSPS) is 11.4. The lowest BCUT2D eigenvalue weighted by atomic mass is 10.1. The lowest BCUT2D eigenvalue weighted by Crippen LogP contribution is -2.48. The van der Waals surface area contributed by atoms with Gasteiger partial charge in [0.15, 0.2) is 0 Å². The molecule has 13 nitrogen and oxygen atoms in total. The Hall–Kier alpha value is -4.91. The second-order valence-electron chi connectivity index (χ2n) is 9.57. The van der Waals surface area contributed by atoms with Crippen LogP contribution in [0.25, 0.3) is 0 Å². The maximum Gasteiger partial charge on any atom is 0.328 e. The number of phenols is 2. The molecule has 1 aromatic heterocycles. The molecule has 3 aromatic rings. The lowest BCUT2D eigenvalue weighted by molar-refractivity contribution is -0.139. The number of nitrogens with zero attached hydrogens (tertiary/aromatic N) is 2. The highest BCUT2D eigenvalue weighted by molar-refractivity contribution is 5.99. The number of aromatic nitrogens is 2. The van der Waals surface area contributed by atoms with Crippen LogP contribution in [-0.2, 0) is 11.2 Å². The first-order valence-electron chi connectivity index (χ1n) is 13.4. The lowest BCUT2D eigenvalue weighted by Gasteiger charge is -2.17. The van der Waals surface area contributed by atoms with E-state index in [0.29, 0.717) is 43.5 Å². The van der Waals surface area contributed by atoms with E-state index in [1.165, 1.54) is 18.2 Å². The smallest absolute Gasteiger partial charge is 0.328 e. The number of ether oxygens (including phenoxy) is 1. The number of nitrogens with one attached hydrogen (secondary N) is 3. The van der Waals surface area contributed by atoms with Crippen molar-refractivity contribution in [3.8, 4) is 17.2 Å². The summed E-state index contributed by atoms with van der Waals surface area (Å²) >= 11 is 0. The first-order valence-corrected chi connectivity index (χ1v) is 13.4. The van der Waals surface area contributed by atoms with Gasteiger partial charge in [-0.2, -0.15) is 0 Å². The molecule has 1 unspecified atom stereocenters. The van der Waals surface area contributed by atoms with Gasteiger partial charge in [-0.3, -0.25) is 9.59 Å². The van der Waals surface area contributed by atoms with E-state index in [1.807, 2.05) is 6.07 Å². The molecule has 0 spiro atoms. The fourth-order valence-corrected chi connectivity index (χ4v) is 4.13. The van der Waals surface area contributed by atoms with Crippen molar-refractivity contribution < 1.29 is 34.4 Å². The number of hydrogen-bond donors (Lipinski definition) is 7. The number of aromatic hydroxyl groups is 2. The number of nitrogens with two attached hydrogens (primary N) is 1. The largest absolute Gasteiger partial charge is 0.508 e. The minimum atomic E-state index is -1.45. The van der Waals surface area contributed by atoms with E-state index in [0.717, 1.165) is 18.4 Å². The summed E-state index contributed by atoms with van der Waals surface area (Å²) in [5.74, 6) is -2.11. The number of carbonyl (C=O) groups excluding carboxylic acids is 2. The summed E-state index contributed by atoms with van der Waals surface area (Å²) in [6.45, 7) is 4.09. The molecule has 8 N–H and O–H groups in total. The van der Waals surface area contributed by atoms with Crippen LogP contribution < -0.4 is 26.4 Å². The van der Waals surface area contributed by atoms with Crippen molar-refractivity contribution in [2.45, 2.75) is 39.2 Å². The summed E-state index contributed by atoms with van der Waals surface area (Å²) in [6, 6.07) is 9.55. The van der Waals surface area contributed by atoms with E-state index in [-0.39, 0.29) is 28.4 Å². The van der Waals surface area contributed by atoms with Crippen LogP contribution in [0.5, 0.6) is 17.2 Å². The van der Waals surface area contributed by atoms with Gasteiger partial charge in [0.25, 0.3) is 11.8 Å². The van der Waals surface area contributed by atoms with Crippen LogP contribution in [0.4, 0.5) is 5.95 Å². The van der Waals surface area contributed by atoms with Gasteiger partial charge in [0.1, 0.15) is 23.3 Å². The van der Waals surface area contributed by atoms with Gasteiger partial charge >= 0.3 is 5.97 Å². The zero-order valence-electron chi connectivity index (χ0n) is 23.5. The minimum absolute atomic E-state index is 0.0540. The Morgan fingerprint density at radius 2 is 1.71 bits per heavy atom. The van der Waals surface area contributed by atoms with E-state index >= 15 is 0 Å². The number of aliphatic carboxylic acids is 1. The van der Waals surface area contributed by atoms with E-state index in [9.17, 15) is 29.7 Å². The fraction of sp³-hybridized carbons (Fsp3) is 0.345. The third kappa shape index (κ3) is 9.34. The molecule has 0 fully saturated rings. The molecule has 3 rings (SSSR count). The summed E-state index contributed by atoms with van der Waals surface area (Å²) in [5, 5.41) is 37.2. The first-order chi connectivity index (χ1) is 20.1. The Kier molecular flexibility index (Phi) is 11.4. The number of carboxylic acid groups (broad SMARTS) is 1. The average Bonchev–Trinajstić information content (AvgIpc) is 2.92. The molecule has 0 radical (unpaired) electrons. The van der Waals surface area contributed by atoms with Gasteiger partial charge in [-0.25, -0.2) is 14.8 Å². The van der Waals surface area contributed by atoms with E-state index in [4.69, 9.17) is 10.5 Å². The van der Waals surface area contributed by atoms with Gasteiger partial charge in [0.05, 0.1) is 23.6 Å². The predicted octanol–water partition coefficient (Wildman–Crippen LogP) is 1.89. The average molecular weight is 581 g/mol. The molecule has 13 heteroatoms. The number of benzene rings is 2. The summed E-state index contributed by atoms with van der Waals surface area (Å²) < 4.78 is 5.47. The number of rotatable bonds is 15. The van der Waals surface area contributed by atoms with Gasteiger partial charge in [0.2, 0.25) is 5.95 Å². The Balaban J connectivity index is 1.58. The topological polar surface area (TPSA) is 209 Å². The van der Waals surface area contributed by atoms with Gasteiger partial charge in [-0.1, -0.05) is 12.1 Å². The summed E-state index contributed by atoms with van der Waals surface area (Å²) in [6.07, 6.45) is 2.08. The van der Waals surface area contributed by atoms with Gasteiger partial charge in [-0.15, -0.1) is 0 Å². The molecule has 224 valence electrons. The standard InChI is InChI=1S/C29H36N6O7/c1-17-25(18(2)34-29(33-17)31-10-4-7-19-6-3-8-21(36)12-19)27(39)35-24(28(40)41)16-32-26(38)20-13-22(37)15-23(14-20)42-11-5-9-30/h3,6,8,12-15,24,36-37H,4-5,7,9-11,16,30H2,1-2H3,(H,32,38)(H,35,39)(H,40,41)(H,31,33,34). The molecule has 0 aliphatic carbocycles. The van der Waals surface area contributed by atoms with Crippen LogP contribution in [0, 0.1) is 13.8 Å². The molecule has 0 saturated heterocycles. The SMILES string of the molecule is Cc1nc(NCCCc2cccc(O)c2)nc(C)c1C(=O)NC(CNC(=O)c1cc(O)cc(OCCCN)c1)C(=O)O. The number of amides is 2. The van der Waals surface area contributed by atoms with Crippen molar-refractivity contribution in [1.82, 2.24) is 20.6 Å². The third-order valence-corrected chi connectivity index (χ3v) is 6.17. The third-order valence-electron chi connectivity index (χ3n) is 6.17. The second-order valence-corrected chi connectivity index (χ2v) is 9.57. The highest BCUT2D eigenvalue weighted by Crippen LogP contribution is 2.22. The Morgan fingerprint density at radius 3 is 2.38 bits per heavy atom. The van der Waals surface area contributed by atoms with Crippen molar-refractivity contribution in [2.24, 2.45) is 5.73 Å². The molecule has 42 heavy (non-hydrogen) atoms. The maximum absolute atomic E-state index is 13.0. The van der Waals surface area contributed by atoms with Gasteiger partial charge < -0.3 is 41.7 Å². The van der Waals surface area contributed by atoms with Crippen molar-refractivity contribution in [1.29, 1.82) is 0 Å². The number of aryl methyl sites for hydroxylation is 3. The molecule has 1 heterocycles. The summed E-state index contributed by atoms with van der Waals surface area (Å²) in [4.78, 5) is 46.2. The number of carboxylic acids is 1. The van der Waals surface area contributed by atoms with E-state index in [1.54, 1.807) is 32.0 Å². The summed E-state index contributed by atoms with van der Waals surface area (Å²) in [7, 11) is 0. The Bertz CT molecular complexity index is 1390.